The topological polar surface area (TPSA) is 30.5 Å². The van der Waals surface area contributed by atoms with Gasteiger partial charge in [0.1, 0.15) is 17.4 Å². The van der Waals surface area contributed by atoms with Crippen LogP contribution in [-0.2, 0) is 24.7 Å². The number of ether oxygens (including phenoxy) is 2. The Balaban J connectivity index is 1.97. The zero-order chi connectivity index (χ0) is 33.9. The fourth-order valence-electron chi connectivity index (χ4n) is 4.87. The number of hydrogen-bond acceptors (Lipinski definition) is 3. The number of benzene rings is 4. The smallest absolute Gasteiger partial charge is 0.461 e. The molecule has 0 aliphatic heterocycles. The molecular formula is C33H27F10NO2. The molecule has 3 nitrogen and oxygen atoms in total. The fourth-order valence-corrected chi connectivity index (χ4v) is 4.87. The predicted molar refractivity (Wildman–Crippen MR) is 149 cm³/mol. The van der Waals surface area contributed by atoms with Crippen molar-refractivity contribution in [2.24, 2.45) is 0 Å². The Morgan fingerprint density at radius 3 is 2.02 bits per heavy atom. The first-order valence-corrected chi connectivity index (χ1v) is 13.8. The van der Waals surface area contributed by atoms with E-state index in [1.54, 1.807) is 44.2 Å². The number of nitrogens with one attached hydrogen (secondary N) is 1. The molecular weight excluding hydrogens is 632 g/mol. The summed E-state index contributed by atoms with van der Waals surface area (Å²) in [5.74, 6) is -4.74. The number of hydrogen-bond donors (Lipinski definition) is 1. The van der Waals surface area contributed by atoms with Gasteiger partial charge >= 0.3 is 18.7 Å². The van der Waals surface area contributed by atoms with Crippen LogP contribution < -0.4 is 14.8 Å². The van der Waals surface area contributed by atoms with Crippen LogP contribution in [0.15, 0.2) is 84.9 Å². The largest absolute Gasteiger partial charge is 0.488 e. The minimum atomic E-state index is -5.04. The predicted octanol–water partition coefficient (Wildman–Crippen LogP) is 9.42. The molecule has 0 aliphatic rings. The highest BCUT2D eigenvalue weighted by Crippen LogP contribution is 2.40. The van der Waals surface area contributed by atoms with Gasteiger partial charge < -0.3 is 9.47 Å². The summed E-state index contributed by atoms with van der Waals surface area (Å²) in [6, 6.07) is 16.3. The van der Waals surface area contributed by atoms with Crippen LogP contribution in [-0.4, -0.2) is 18.6 Å². The van der Waals surface area contributed by atoms with Crippen LogP contribution in [0.1, 0.15) is 41.7 Å². The third-order valence-electron chi connectivity index (χ3n) is 6.90. The quantitative estimate of drug-likeness (QED) is 0.154. The Labute approximate surface area is 257 Å². The molecule has 4 aromatic rings. The summed E-state index contributed by atoms with van der Waals surface area (Å²) < 4.78 is 148. The van der Waals surface area contributed by atoms with Crippen LogP contribution in [0, 0.1) is 17.5 Å². The van der Waals surface area contributed by atoms with Gasteiger partial charge in [0.05, 0.1) is 17.2 Å². The van der Waals surface area contributed by atoms with Crippen molar-refractivity contribution in [3.63, 3.8) is 0 Å². The maximum atomic E-state index is 15.1. The Bertz CT molecular complexity index is 1640. The van der Waals surface area contributed by atoms with E-state index in [4.69, 9.17) is 4.74 Å². The molecule has 0 heterocycles. The van der Waals surface area contributed by atoms with E-state index in [1.165, 1.54) is 12.1 Å². The van der Waals surface area contributed by atoms with Crippen LogP contribution in [0.25, 0.3) is 0 Å². The molecule has 0 aliphatic carbocycles. The highest BCUT2D eigenvalue weighted by molar-refractivity contribution is 5.47. The molecule has 4 rings (SSSR count). The fraction of sp³-hybridized carbons (Fsp3) is 0.273. The Hall–Kier alpha value is -4.26. The zero-order valence-electron chi connectivity index (χ0n) is 24.2. The van der Waals surface area contributed by atoms with Crippen molar-refractivity contribution in [3.8, 4) is 11.5 Å². The minimum absolute atomic E-state index is 0.0796. The lowest BCUT2D eigenvalue weighted by Crippen LogP contribution is -2.45. The second-order valence-electron chi connectivity index (χ2n) is 10.7. The molecule has 246 valence electrons. The maximum absolute atomic E-state index is 15.1. The molecule has 0 bridgehead atoms. The van der Waals surface area contributed by atoms with Gasteiger partial charge in [-0.25, -0.2) is 13.2 Å². The van der Waals surface area contributed by atoms with Gasteiger partial charge in [-0.3, -0.25) is 5.32 Å². The highest BCUT2D eigenvalue weighted by Gasteiger charge is 2.45. The van der Waals surface area contributed by atoms with Crippen molar-refractivity contribution in [3.05, 3.63) is 130 Å². The van der Waals surface area contributed by atoms with Crippen LogP contribution in [0.4, 0.5) is 43.9 Å². The third-order valence-corrected chi connectivity index (χ3v) is 6.90. The number of rotatable bonds is 12. The minimum Gasteiger partial charge on any atom is -0.488 e. The summed E-state index contributed by atoms with van der Waals surface area (Å²) in [4.78, 5) is 0. The normalized spacial score (nSPS) is 13.6. The third kappa shape index (κ3) is 8.11. The van der Waals surface area contributed by atoms with Gasteiger partial charge in [-0.05, 0) is 78.9 Å². The van der Waals surface area contributed by atoms with Crippen molar-refractivity contribution >= 4 is 0 Å². The van der Waals surface area contributed by atoms with E-state index in [0.29, 0.717) is 23.8 Å². The first kappa shape index (κ1) is 34.6. The van der Waals surface area contributed by atoms with Crippen LogP contribution in [0.5, 0.6) is 11.5 Å². The second-order valence-corrected chi connectivity index (χ2v) is 10.7. The highest BCUT2D eigenvalue weighted by atomic mass is 19.4. The summed E-state index contributed by atoms with van der Waals surface area (Å²) in [6.07, 6.45) is -15.0. The molecule has 0 fully saturated rings. The number of halogens is 10. The maximum Gasteiger partial charge on any atom is 0.461 e. The lowest BCUT2D eigenvalue weighted by atomic mass is 9.77. The van der Waals surface area contributed by atoms with E-state index in [-0.39, 0.29) is 28.9 Å². The summed E-state index contributed by atoms with van der Waals surface area (Å²) in [6.45, 7) is 2.79. The van der Waals surface area contributed by atoms with Gasteiger partial charge in [0.15, 0.2) is 11.6 Å². The number of alkyl halides is 7. The van der Waals surface area contributed by atoms with Gasteiger partial charge in [-0.1, -0.05) is 42.5 Å². The van der Waals surface area contributed by atoms with E-state index in [2.05, 4.69) is 10.1 Å². The molecule has 0 aromatic heterocycles. The van der Waals surface area contributed by atoms with Crippen molar-refractivity contribution in [2.45, 2.75) is 57.2 Å². The first-order valence-electron chi connectivity index (χ1n) is 13.8. The molecule has 0 radical (unpaired) electrons. The Morgan fingerprint density at radius 2 is 1.39 bits per heavy atom. The van der Waals surface area contributed by atoms with E-state index in [9.17, 15) is 39.5 Å². The van der Waals surface area contributed by atoms with Crippen LogP contribution in [0.2, 0.25) is 0 Å². The molecule has 13 heteroatoms. The molecule has 0 saturated heterocycles. The van der Waals surface area contributed by atoms with Gasteiger partial charge in [0.2, 0.25) is 0 Å². The van der Waals surface area contributed by atoms with E-state index in [0.717, 1.165) is 24.3 Å². The van der Waals surface area contributed by atoms with Crippen molar-refractivity contribution < 1.29 is 53.4 Å². The average Bonchev–Trinajstić information content (AvgIpc) is 2.96. The van der Waals surface area contributed by atoms with E-state index >= 15 is 4.39 Å². The molecule has 1 atom stereocenters. The van der Waals surface area contributed by atoms with E-state index < -0.39 is 65.7 Å². The summed E-state index contributed by atoms with van der Waals surface area (Å²) in [5, 5.41) is 3.04. The Kier molecular flexibility index (Phi) is 10.2. The summed E-state index contributed by atoms with van der Waals surface area (Å²) >= 11 is 0. The molecule has 1 unspecified atom stereocenters. The first-order chi connectivity index (χ1) is 21.5. The van der Waals surface area contributed by atoms with Gasteiger partial charge in [-0.2, -0.15) is 30.7 Å². The van der Waals surface area contributed by atoms with E-state index in [1.807, 2.05) is 0 Å². The van der Waals surface area contributed by atoms with Crippen LogP contribution >= 0.6 is 0 Å². The molecule has 4 aromatic carbocycles. The van der Waals surface area contributed by atoms with Gasteiger partial charge in [0, 0.05) is 12.6 Å². The SMILES string of the molecule is CC(C)Oc1cc(C(Cc2ccccc2)(NCc2ccc(F)c(C(F)(F)F)c2)c2cc(F)cc(OC(F)(F)C(F)F)c2)ccc1F. The van der Waals surface area contributed by atoms with Gasteiger partial charge in [-0.15, -0.1) is 0 Å². The Morgan fingerprint density at radius 1 is 0.717 bits per heavy atom. The van der Waals surface area contributed by atoms with Crippen LogP contribution in [0.3, 0.4) is 0 Å². The van der Waals surface area contributed by atoms with Crippen molar-refractivity contribution in [1.82, 2.24) is 5.32 Å². The zero-order valence-corrected chi connectivity index (χ0v) is 24.2. The standard InChI is InChI=1S/C33H27F10NO2/c1-19(2)45-29-15-22(9-11-28(29)36)31(17-20-6-4-3-5-7-20,44-18-21-8-10-27(35)26(12-21)32(39,40)41)23-13-24(34)16-25(14-23)46-33(42,43)30(37)38/h3-16,19,30,44H,17-18H2,1-2H3. The average molecular weight is 660 g/mol. The summed E-state index contributed by atoms with van der Waals surface area (Å²) in [7, 11) is 0. The molecule has 0 spiro atoms. The monoisotopic (exact) mass is 659 g/mol. The molecule has 1 N–H and O–H groups in total. The molecule has 46 heavy (non-hydrogen) atoms. The molecule has 0 saturated carbocycles. The lowest BCUT2D eigenvalue weighted by Gasteiger charge is -2.37. The van der Waals surface area contributed by atoms with Crippen molar-refractivity contribution in [2.75, 3.05) is 0 Å². The second kappa shape index (κ2) is 13.6. The summed E-state index contributed by atoms with van der Waals surface area (Å²) in [5.41, 5.74) is -2.96. The van der Waals surface area contributed by atoms with Gasteiger partial charge in [0.25, 0.3) is 0 Å². The molecule has 0 amide bonds. The van der Waals surface area contributed by atoms with Crippen molar-refractivity contribution in [1.29, 1.82) is 0 Å². The lowest BCUT2D eigenvalue weighted by molar-refractivity contribution is -0.253.